The van der Waals surface area contributed by atoms with Gasteiger partial charge in [-0.3, -0.25) is 9.59 Å². The van der Waals surface area contributed by atoms with Crippen LogP contribution in [0.15, 0.2) is 60.7 Å². The number of benzene rings is 2. The minimum Gasteiger partial charge on any atom is -0.356 e. The minimum atomic E-state index is -0.127. The fraction of sp³-hybridized carbons (Fsp3) is 0.346. The maximum Gasteiger partial charge on any atom is 0.254 e. The SMILES string of the molecule is O=C(NCC1CC1)C1CCCN(C(=O)c2cc(-c3ccccc3)nc3ccccc23)C1. The Labute approximate surface area is 182 Å². The molecule has 1 aliphatic carbocycles. The van der Waals surface area contributed by atoms with E-state index in [4.69, 9.17) is 4.98 Å². The van der Waals surface area contributed by atoms with E-state index in [0.717, 1.165) is 41.5 Å². The summed E-state index contributed by atoms with van der Waals surface area (Å²) in [6, 6.07) is 19.6. The molecule has 2 aromatic carbocycles. The highest BCUT2D eigenvalue weighted by Crippen LogP contribution is 2.29. The highest BCUT2D eigenvalue weighted by atomic mass is 16.2. The number of amides is 2. The second-order valence-corrected chi connectivity index (χ2v) is 8.72. The number of aromatic nitrogens is 1. The van der Waals surface area contributed by atoms with Crippen molar-refractivity contribution >= 4 is 22.7 Å². The van der Waals surface area contributed by atoms with Gasteiger partial charge in [-0.05, 0) is 43.7 Å². The topological polar surface area (TPSA) is 62.3 Å². The van der Waals surface area contributed by atoms with E-state index in [1.165, 1.54) is 12.8 Å². The Hall–Kier alpha value is -3.21. The molecule has 0 bridgehead atoms. The number of nitrogens with zero attached hydrogens (tertiary/aromatic N) is 2. The third kappa shape index (κ3) is 4.31. The summed E-state index contributed by atoms with van der Waals surface area (Å²) in [5, 5.41) is 3.94. The van der Waals surface area contributed by atoms with Gasteiger partial charge in [0.05, 0.1) is 22.7 Å². The number of para-hydroxylation sites is 1. The molecule has 31 heavy (non-hydrogen) atoms. The molecule has 2 aliphatic rings. The molecule has 0 spiro atoms. The summed E-state index contributed by atoms with van der Waals surface area (Å²) in [5.74, 6) is 0.604. The van der Waals surface area contributed by atoms with Gasteiger partial charge in [0, 0.05) is 30.6 Å². The molecule has 2 fully saturated rings. The lowest BCUT2D eigenvalue weighted by molar-refractivity contribution is -0.126. The fourth-order valence-corrected chi connectivity index (χ4v) is 4.37. The van der Waals surface area contributed by atoms with E-state index in [2.05, 4.69) is 5.32 Å². The zero-order valence-corrected chi connectivity index (χ0v) is 17.6. The van der Waals surface area contributed by atoms with Crippen LogP contribution < -0.4 is 5.32 Å². The van der Waals surface area contributed by atoms with Crippen molar-refractivity contribution in [2.45, 2.75) is 25.7 Å². The number of piperidine rings is 1. The predicted octanol–water partition coefficient (Wildman–Crippen LogP) is 4.28. The average molecular weight is 414 g/mol. The van der Waals surface area contributed by atoms with Gasteiger partial charge in [0.25, 0.3) is 5.91 Å². The summed E-state index contributed by atoms with van der Waals surface area (Å²) in [5.41, 5.74) is 3.24. The highest BCUT2D eigenvalue weighted by Gasteiger charge is 2.31. The van der Waals surface area contributed by atoms with Gasteiger partial charge in [0.1, 0.15) is 0 Å². The molecule has 1 aliphatic heterocycles. The van der Waals surface area contributed by atoms with Crippen LogP contribution in [0.5, 0.6) is 0 Å². The Morgan fingerprint density at radius 1 is 1.00 bits per heavy atom. The summed E-state index contributed by atoms with van der Waals surface area (Å²) >= 11 is 0. The van der Waals surface area contributed by atoms with Crippen molar-refractivity contribution in [1.29, 1.82) is 0 Å². The van der Waals surface area contributed by atoms with Gasteiger partial charge >= 0.3 is 0 Å². The first kappa shape index (κ1) is 19.7. The second kappa shape index (κ2) is 8.50. The van der Waals surface area contributed by atoms with Crippen LogP contribution in [0.25, 0.3) is 22.2 Å². The number of pyridine rings is 1. The van der Waals surface area contributed by atoms with Crippen molar-refractivity contribution < 1.29 is 9.59 Å². The monoisotopic (exact) mass is 413 g/mol. The summed E-state index contributed by atoms with van der Waals surface area (Å²) in [6.45, 7) is 1.94. The van der Waals surface area contributed by atoms with Gasteiger partial charge in [-0.1, -0.05) is 48.5 Å². The van der Waals surface area contributed by atoms with Crippen molar-refractivity contribution in [3.05, 3.63) is 66.2 Å². The molecular weight excluding hydrogens is 386 g/mol. The molecule has 1 N–H and O–H groups in total. The molecule has 1 saturated heterocycles. The maximum absolute atomic E-state index is 13.6. The van der Waals surface area contributed by atoms with Crippen LogP contribution in [0.3, 0.4) is 0 Å². The summed E-state index contributed by atoms with van der Waals surface area (Å²) in [4.78, 5) is 32.9. The Kier molecular flexibility index (Phi) is 5.41. The Bertz CT molecular complexity index is 1110. The van der Waals surface area contributed by atoms with E-state index in [1.54, 1.807) is 0 Å². The van der Waals surface area contributed by atoms with Gasteiger partial charge in [-0.25, -0.2) is 4.98 Å². The lowest BCUT2D eigenvalue weighted by atomic mass is 9.95. The van der Waals surface area contributed by atoms with E-state index < -0.39 is 0 Å². The van der Waals surface area contributed by atoms with Crippen LogP contribution in [0.2, 0.25) is 0 Å². The van der Waals surface area contributed by atoms with Gasteiger partial charge < -0.3 is 10.2 Å². The quantitative estimate of drug-likeness (QED) is 0.679. The van der Waals surface area contributed by atoms with E-state index >= 15 is 0 Å². The van der Waals surface area contributed by atoms with E-state index in [-0.39, 0.29) is 17.7 Å². The Morgan fingerprint density at radius 2 is 1.77 bits per heavy atom. The molecule has 158 valence electrons. The maximum atomic E-state index is 13.6. The number of nitrogens with one attached hydrogen (secondary N) is 1. The minimum absolute atomic E-state index is 0.0181. The number of hydrogen-bond acceptors (Lipinski definition) is 3. The lowest BCUT2D eigenvalue weighted by Crippen LogP contribution is -2.45. The molecule has 2 heterocycles. The summed E-state index contributed by atoms with van der Waals surface area (Å²) in [6.07, 6.45) is 4.12. The van der Waals surface area contributed by atoms with E-state index in [0.29, 0.717) is 24.6 Å². The lowest BCUT2D eigenvalue weighted by Gasteiger charge is -2.32. The number of hydrogen-bond donors (Lipinski definition) is 1. The van der Waals surface area contributed by atoms with Crippen molar-refractivity contribution in [3.63, 3.8) is 0 Å². The standard InChI is InChI=1S/C26H27N3O2/c30-25(27-16-18-12-13-18)20-9-6-14-29(17-20)26(31)22-15-24(19-7-2-1-3-8-19)28-23-11-5-4-10-21(22)23/h1-5,7-8,10-11,15,18,20H,6,9,12-14,16-17H2,(H,27,30). The van der Waals surface area contributed by atoms with Gasteiger partial charge in [-0.2, -0.15) is 0 Å². The zero-order valence-electron chi connectivity index (χ0n) is 17.6. The second-order valence-electron chi connectivity index (χ2n) is 8.72. The van der Waals surface area contributed by atoms with Crippen molar-refractivity contribution in [1.82, 2.24) is 15.2 Å². The van der Waals surface area contributed by atoms with Crippen molar-refractivity contribution in [2.75, 3.05) is 19.6 Å². The average Bonchev–Trinajstić information content (AvgIpc) is 3.66. The van der Waals surface area contributed by atoms with Crippen LogP contribution in [0.4, 0.5) is 0 Å². The molecule has 5 heteroatoms. The molecule has 5 nitrogen and oxygen atoms in total. The van der Waals surface area contributed by atoms with E-state index in [1.807, 2.05) is 65.6 Å². The predicted molar refractivity (Wildman–Crippen MR) is 122 cm³/mol. The molecule has 1 unspecified atom stereocenters. The van der Waals surface area contributed by atoms with Gasteiger partial charge in [0.2, 0.25) is 5.91 Å². The normalized spacial score (nSPS) is 18.7. The third-order valence-electron chi connectivity index (χ3n) is 6.36. The van der Waals surface area contributed by atoms with E-state index in [9.17, 15) is 9.59 Å². The molecule has 1 atom stereocenters. The van der Waals surface area contributed by atoms with Crippen molar-refractivity contribution in [2.24, 2.45) is 11.8 Å². The first-order valence-electron chi connectivity index (χ1n) is 11.2. The molecule has 1 aromatic heterocycles. The third-order valence-corrected chi connectivity index (χ3v) is 6.36. The highest BCUT2D eigenvalue weighted by molar-refractivity contribution is 6.07. The number of fused-ring (bicyclic) bond motifs is 1. The summed E-state index contributed by atoms with van der Waals surface area (Å²) < 4.78 is 0. The number of carbonyl (C=O) groups excluding carboxylic acids is 2. The number of carbonyl (C=O) groups is 2. The Balaban J connectivity index is 1.42. The largest absolute Gasteiger partial charge is 0.356 e. The van der Waals surface area contributed by atoms with Crippen LogP contribution in [-0.4, -0.2) is 41.3 Å². The first-order valence-corrected chi connectivity index (χ1v) is 11.2. The molecule has 5 rings (SSSR count). The molecule has 1 saturated carbocycles. The van der Waals surface area contributed by atoms with Crippen LogP contribution in [-0.2, 0) is 4.79 Å². The van der Waals surface area contributed by atoms with Crippen molar-refractivity contribution in [3.8, 4) is 11.3 Å². The molecule has 0 radical (unpaired) electrons. The fourth-order valence-electron chi connectivity index (χ4n) is 4.37. The Morgan fingerprint density at radius 3 is 2.58 bits per heavy atom. The first-order chi connectivity index (χ1) is 15.2. The molecular formula is C26H27N3O2. The van der Waals surface area contributed by atoms with Gasteiger partial charge in [-0.15, -0.1) is 0 Å². The molecule has 3 aromatic rings. The van der Waals surface area contributed by atoms with Crippen LogP contribution in [0.1, 0.15) is 36.0 Å². The summed E-state index contributed by atoms with van der Waals surface area (Å²) in [7, 11) is 0. The number of likely N-dealkylation sites (tertiary alicyclic amines) is 1. The zero-order chi connectivity index (χ0) is 21.2. The van der Waals surface area contributed by atoms with Crippen LogP contribution >= 0.6 is 0 Å². The number of rotatable bonds is 5. The van der Waals surface area contributed by atoms with Crippen LogP contribution in [0, 0.1) is 11.8 Å². The van der Waals surface area contributed by atoms with Gasteiger partial charge in [0.15, 0.2) is 0 Å². The molecule has 2 amide bonds. The smallest absolute Gasteiger partial charge is 0.254 e.